The third-order valence-corrected chi connectivity index (χ3v) is 3.32. The Balaban J connectivity index is 2.50. The van der Waals surface area contributed by atoms with Gasteiger partial charge in [-0.3, -0.25) is 18.9 Å². The highest BCUT2D eigenvalue weighted by Crippen LogP contribution is 2.31. The molecule has 0 aliphatic heterocycles. The number of nitrogens with zero attached hydrogens (tertiary/aromatic N) is 2. The summed E-state index contributed by atoms with van der Waals surface area (Å²) in [6.07, 6.45) is 0. The summed E-state index contributed by atoms with van der Waals surface area (Å²) in [4.78, 5) is 21.7. The van der Waals surface area contributed by atoms with Gasteiger partial charge in [0.1, 0.15) is 0 Å². The number of nitro benzene ring substituents is 1. The fourth-order valence-electron chi connectivity index (χ4n) is 1.39. The fraction of sp³-hybridized carbons (Fsp3) is 0.100. The van der Waals surface area contributed by atoms with Crippen LogP contribution >= 0.6 is 11.5 Å². The van der Waals surface area contributed by atoms with Crippen molar-refractivity contribution >= 4 is 17.2 Å². The van der Waals surface area contributed by atoms with Gasteiger partial charge < -0.3 is 5.11 Å². The van der Waals surface area contributed by atoms with E-state index in [2.05, 4.69) is 0 Å². The van der Waals surface area contributed by atoms with Crippen LogP contribution in [0.25, 0.3) is 10.4 Å². The Kier molecular flexibility index (Phi) is 2.68. The van der Waals surface area contributed by atoms with Gasteiger partial charge in [-0.25, -0.2) is 0 Å². The van der Waals surface area contributed by atoms with Crippen LogP contribution in [-0.4, -0.2) is 14.0 Å². The monoisotopic (exact) mass is 252 g/mol. The normalized spacial score (nSPS) is 10.4. The van der Waals surface area contributed by atoms with Crippen LogP contribution in [0.2, 0.25) is 0 Å². The van der Waals surface area contributed by atoms with E-state index < -0.39 is 10.5 Å². The van der Waals surface area contributed by atoms with E-state index in [4.69, 9.17) is 0 Å². The van der Waals surface area contributed by atoms with Crippen LogP contribution in [0.3, 0.4) is 0 Å². The predicted molar refractivity (Wildman–Crippen MR) is 63.3 cm³/mol. The molecule has 0 atom stereocenters. The van der Waals surface area contributed by atoms with Crippen LogP contribution < -0.4 is 5.56 Å². The molecule has 17 heavy (non-hydrogen) atoms. The molecule has 0 saturated heterocycles. The van der Waals surface area contributed by atoms with E-state index in [0.29, 0.717) is 10.4 Å². The zero-order valence-electron chi connectivity index (χ0n) is 8.78. The van der Waals surface area contributed by atoms with Crippen LogP contribution in [0, 0.1) is 10.1 Å². The molecule has 0 amide bonds. The van der Waals surface area contributed by atoms with Crippen molar-refractivity contribution in [2.24, 2.45) is 7.05 Å². The van der Waals surface area contributed by atoms with Crippen molar-refractivity contribution in [2.75, 3.05) is 0 Å². The molecule has 1 heterocycles. The second-order valence-corrected chi connectivity index (χ2v) is 4.51. The molecule has 0 fully saturated rings. The third-order valence-electron chi connectivity index (χ3n) is 2.27. The summed E-state index contributed by atoms with van der Waals surface area (Å²) in [5.74, 6) is -0.327. The van der Waals surface area contributed by atoms with E-state index in [1.165, 1.54) is 28.2 Å². The minimum Gasteiger partial charge on any atom is -0.502 e. The molecule has 2 rings (SSSR count). The number of nitro groups is 1. The number of aromatic nitrogens is 1. The van der Waals surface area contributed by atoms with Crippen LogP contribution in [-0.2, 0) is 7.05 Å². The minimum atomic E-state index is -0.503. The maximum atomic E-state index is 11.4. The van der Waals surface area contributed by atoms with Gasteiger partial charge in [0.2, 0.25) is 5.75 Å². The second kappa shape index (κ2) is 4.02. The Labute approximate surface area is 99.7 Å². The van der Waals surface area contributed by atoms with Gasteiger partial charge in [-0.15, -0.1) is 0 Å². The van der Waals surface area contributed by atoms with E-state index in [9.17, 15) is 20.0 Å². The standard InChI is InChI=1S/C10H8N2O4S/c1-11-10(14)8(13)9(17-11)6-2-4-7(5-3-6)12(15)16/h2-5,13H,1H3. The lowest BCUT2D eigenvalue weighted by molar-refractivity contribution is -0.384. The average molecular weight is 252 g/mol. The van der Waals surface area contributed by atoms with E-state index in [1.807, 2.05) is 0 Å². The van der Waals surface area contributed by atoms with E-state index >= 15 is 0 Å². The van der Waals surface area contributed by atoms with Crippen molar-refractivity contribution in [3.63, 3.8) is 0 Å². The number of aromatic hydroxyl groups is 1. The predicted octanol–water partition coefficient (Wildman–Crippen LogP) is 1.73. The number of aryl methyl sites for hydroxylation is 1. The summed E-state index contributed by atoms with van der Waals surface area (Å²) in [6.45, 7) is 0. The Hall–Kier alpha value is -2.15. The van der Waals surface area contributed by atoms with Crippen LogP contribution in [0.5, 0.6) is 5.75 Å². The molecule has 6 nitrogen and oxygen atoms in total. The fourth-order valence-corrected chi connectivity index (χ4v) is 2.25. The molecule has 0 spiro atoms. The third kappa shape index (κ3) is 1.92. The number of hydrogen-bond donors (Lipinski definition) is 1. The molecule has 1 N–H and O–H groups in total. The highest BCUT2D eigenvalue weighted by molar-refractivity contribution is 7.10. The smallest absolute Gasteiger partial charge is 0.303 e. The summed E-state index contributed by atoms with van der Waals surface area (Å²) < 4.78 is 1.30. The maximum Gasteiger partial charge on any atom is 0.303 e. The van der Waals surface area contributed by atoms with Gasteiger partial charge in [0, 0.05) is 19.2 Å². The number of rotatable bonds is 2. The second-order valence-electron chi connectivity index (χ2n) is 3.38. The topological polar surface area (TPSA) is 85.4 Å². The highest BCUT2D eigenvalue weighted by Gasteiger charge is 2.14. The zero-order valence-corrected chi connectivity index (χ0v) is 9.60. The lowest BCUT2D eigenvalue weighted by atomic mass is 10.1. The number of non-ortho nitro benzene ring substituents is 1. The van der Waals surface area contributed by atoms with Crippen molar-refractivity contribution in [3.8, 4) is 16.2 Å². The highest BCUT2D eigenvalue weighted by atomic mass is 32.1. The van der Waals surface area contributed by atoms with Crippen LogP contribution in [0.15, 0.2) is 29.1 Å². The first-order valence-electron chi connectivity index (χ1n) is 4.65. The largest absolute Gasteiger partial charge is 0.502 e. The molecule has 1 aromatic carbocycles. The zero-order chi connectivity index (χ0) is 12.6. The lowest BCUT2D eigenvalue weighted by Crippen LogP contribution is -2.06. The molecular weight excluding hydrogens is 244 g/mol. The molecule has 88 valence electrons. The molecular formula is C10H8N2O4S. The van der Waals surface area contributed by atoms with Crippen molar-refractivity contribution in [3.05, 3.63) is 44.7 Å². The Morgan fingerprint density at radius 3 is 2.35 bits per heavy atom. The van der Waals surface area contributed by atoms with Gasteiger partial charge in [-0.2, -0.15) is 0 Å². The van der Waals surface area contributed by atoms with Gasteiger partial charge in [-0.1, -0.05) is 11.5 Å². The van der Waals surface area contributed by atoms with E-state index in [0.717, 1.165) is 11.5 Å². The Bertz CT molecular complexity index is 627. The molecule has 0 unspecified atom stereocenters. The lowest BCUT2D eigenvalue weighted by Gasteiger charge is -1.96. The van der Waals surface area contributed by atoms with E-state index in [-0.39, 0.29) is 11.4 Å². The van der Waals surface area contributed by atoms with Crippen molar-refractivity contribution in [1.29, 1.82) is 0 Å². The molecule has 0 aliphatic carbocycles. The molecule has 0 bridgehead atoms. The van der Waals surface area contributed by atoms with Crippen molar-refractivity contribution < 1.29 is 10.0 Å². The first-order chi connectivity index (χ1) is 8.00. The first-order valence-corrected chi connectivity index (χ1v) is 5.42. The minimum absolute atomic E-state index is 0.0310. The molecule has 1 aromatic heterocycles. The van der Waals surface area contributed by atoms with Gasteiger partial charge in [0.25, 0.3) is 5.69 Å². The summed E-state index contributed by atoms with van der Waals surface area (Å²) in [5.41, 5.74) is 0.0793. The molecule has 0 radical (unpaired) electrons. The summed E-state index contributed by atoms with van der Waals surface area (Å²) in [5, 5.41) is 20.1. The average Bonchev–Trinajstić information content (AvgIpc) is 2.57. The van der Waals surface area contributed by atoms with Gasteiger partial charge in [-0.05, 0) is 17.7 Å². The van der Waals surface area contributed by atoms with Crippen molar-refractivity contribution in [2.45, 2.75) is 0 Å². The summed E-state index contributed by atoms with van der Waals surface area (Å²) in [6, 6.07) is 5.67. The first kappa shape index (κ1) is 11.3. The van der Waals surface area contributed by atoms with Crippen molar-refractivity contribution in [1.82, 2.24) is 3.96 Å². The summed E-state index contributed by atoms with van der Waals surface area (Å²) >= 11 is 1.09. The van der Waals surface area contributed by atoms with Crippen LogP contribution in [0.1, 0.15) is 0 Å². The van der Waals surface area contributed by atoms with Crippen LogP contribution in [0.4, 0.5) is 5.69 Å². The number of hydrogen-bond acceptors (Lipinski definition) is 5. The quantitative estimate of drug-likeness (QED) is 0.651. The summed E-state index contributed by atoms with van der Waals surface area (Å²) in [7, 11) is 1.54. The Morgan fingerprint density at radius 2 is 1.94 bits per heavy atom. The molecule has 0 aliphatic rings. The van der Waals surface area contributed by atoms with Gasteiger partial charge >= 0.3 is 5.56 Å². The maximum absolute atomic E-state index is 11.4. The van der Waals surface area contributed by atoms with Gasteiger partial charge in [0.15, 0.2) is 0 Å². The Morgan fingerprint density at radius 1 is 1.35 bits per heavy atom. The molecule has 7 heteroatoms. The molecule has 0 saturated carbocycles. The SMILES string of the molecule is Cn1sc(-c2ccc([N+](=O)[O-])cc2)c(O)c1=O. The van der Waals surface area contributed by atoms with E-state index in [1.54, 1.807) is 7.05 Å². The van der Waals surface area contributed by atoms with Gasteiger partial charge in [0.05, 0.1) is 9.80 Å². The molecule has 2 aromatic rings. The number of benzene rings is 1.